The molecule has 11 rings (SSSR count). The highest BCUT2D eigenvalue weighted by atomic mass is 32.2. The summed E-state index contributed by atoms with van der Waals surface area (Å²) in [4.78, 5) is 77.8. The van der Waals surface area contributed by atoms with Crippen LogP contribution in [-0.4, -0.2) is 274 Å². The summed E-state index contributed by atoms with van der Waals surface area (Å²) in [5.41, 5.74) is 2.41. The Bertz CT molecular complexity index is 3710. The summed E-state index contributed by atoms with van der Waals surface area (Å²) in [5, 5.41) is 17.2. The van der Waals surface area contributed by atoms with Crippen molar-refractivity contribution in [2.24, 2.45) is 40.9 Å². The predicted molar refractivity (Wildman–Crippen MR) is 470 cm³/mol. The Hall–Kier alpha value is -5.25. The molecule has 7 saturated heterocycles. The first-order chi connectivity index (χ1) is 54.1. The number of carbonyl (C=O) groups excluding carboxylic acids is 5. The van der Waals surface area contributed by atoms with Crippen LogP contribution in [0.4, 0.5) is 4.79 Å². The van der Waals surface area contributed by atoms with Gasteiger partial charge in [0.1, 0.15) is 4.90 Å². The van der Waals surface area contributed by atoms with Gasteiger partial charge in [-0.2, -0.15) is 0 Å². The second kappa shape index (κ2) is 45.2. The maximum atomic E-state index is 12.1. The van der Waals surface area contributed by atoms with Gasteiger partial charge in [0.05, 0.1) is 24.3 Å². The number of nitrogens with one attached hydrogen (secondary N) is 6. The van der Waals surface area contributed by atoms with Crippen LogP contribution < -0.4 is 30.7 Å². The van der Waals surface area contributed by atoms with Crippen molar-refractivity contribution in [1.82, 2.24) is 75.2 Å². The predicted octanol–water partition coefficient (Wildman–Crippen LogP) is 11.6. The van der Waals surface area contributed by atoms with E-state index in [0.717, 1.165) is 136 Å². The van der Waals surface area contributed by atoms with Crippen LogP contribution in [0.25, 0.3) is 0 Å². The number of thiazole rings is 1. The van der Waals surface area contributed by atoms with Gasteiger partial charge < -0.3 is 35.3 Å². The molecule has 8 fully saturated rings. The number of alkyl carbamates (subject to hydrolysis) is 1. The van der Waals surface area contributed by atoms with E-state index in [1.165, 1.54) is 56.3 Å². The molecule has 1 aromatic carbocycles. The van der Waals surface area contributed by atoms with Crippen LogP contribution in [0.2, 0.25) is 0 Å². The Morgan fingerprint density at radius 1 is 0.487 bits per heavy atom. The lowest BCUT2D eigenvalue weighted by atomic mass is 9.62. The molecule has 6 unspecified atom stereocenters. The van der Waals surface area contributed by atoms with Gasteiger partial charge in [-0.15, -0.1) is 11.3 Å². The average Bonchev–Trinajstić information content (AvgIpc) is 1.72. The summed E-state index contributed by atoms with van der Waals surface area (Å²) in [6, 6.07) is 8.55. The van der Waals surface area contributed by atoms with Crippen LogP contribution in [0.1, 0.15) is 240 Å². The normalized spacial score (nSPS) is 22.4. The van der Waals surface area contributed by atoms with Gasteiger partial charge in [0.2, 0.25) is 26.0 Å². The van der Waals surface area contributed by atoms with E-state index in [9.17, 15) is 40.8 Å². The van der Waals surface area contributed by atoms with E-state index < -0.39 is 31.9 Å². The highest BCUT2D eigenvalue weighted by molar-refractivity contribution is 7.89. The molecule has 27 nitrogen and oxygen atoms in total. The van der Waals surface area contributed by atoms with Crippen molar-refractivity contribution >= 4 is 61.2 Å². The van der Waals surface area contributed by atoms with Crippen LogP contribution >= 0.6 is 11.3 Å². The van der Waals surface area contributed by atoms with E-state index in [1.54, 1.807) is 51.2 Å². The van der Waals surface area contributed by atoms with Gasteiger partial charge in [0.15, 0.2) is 10.8 Å². The van der Waals surface area contributed by atoms with Gasteiger partial charge in [-0.3, -0.25) is 48.7 Å². The Morgan fingerprint density at radius 3 is 1.16 bits per heavy atom. The zero-order chi connectivity index (χ0) is 87.8. The Balaban J connectivity index is 0.000000245. The SMILES string of the molecule is CC(=O)NCC1CCN(C(C)(C)C)C1.CC(C)(C)N1CC2(CCC2)C1.CC(C)(C)N1CCC(CNC(=O)c2nccs2)C1.CC(C)(C)N1CCC(CNS(=O)(=O)c2ccccc2)C1.CCOC(=O)C(=O)NCC1CCN(C(C)(C)C)C1.CCOC(=O)NCC1CCN(C(C)(C)C)C1.Cc1oncc1S(=O)(=O)NCC1CCN(C(C)(C)C)C1. The maximum absolute atomic E-state index is 12.1. The van der Waals surface area contributed by atoms with Crippen LogP contribution in [0.3, 0.4) is 0 Å². The zero-order valence-corrected chi connectivity index (χ0v) is 79.1. The molecule has 670 valence electrons. The number of benzene rings is 1. The lowest BCUT2D eigenvalue weighted by molar-refractivity contribution is -0.154. The van der Waals surface area contributed by atoms with Gasteiger partial charge >= 0.3 is 18.0 Å². The van der Waals surface area contributed by atoms with Crippen LogP contribution in [0, 0.1) is 47.8 Å². The number of esters is 1. The highest BCUT2D eigenvalue weighted by Crippen LogP contribution is 2.50. The van der Waals surface area contributed by atoms with Crippen molar-refractivity contribution in [2.45, 2.75) is 279 Å². The topological polar surface area (TPSA) is 306 Å². The molecule has 7 aliphatic heterocycles. The third kappa shape index (κ3) is 35.6. The van der Waals surface area contributed by atoms with Crippen molar-refractivity contribution in [3.63, 3.8) is 0 Å². The van der Waals surface area contributed by atoms with E-state index in [4.69, 9.17) is 9.26 Å². The van der Waals surface area contributed by atoms with Crippen LogP contribution in [-0.2, 0) is 43.9 Å². The Labute approximate surface area is 710 Å². The smallest absolute Gasteiger partial charge is 0.407 e. The highest BCUT2D eigenvalue weighted by Gasteiger charge is 2.50. The Morgan fingerprint density at radius 2 is 0.846 bits per heavy atom. The molecule has 8 aliphatic rings. The number of ether oxygens (including phenoxy) is 2. The molecule has 0 bridgehead atoms. The molecule has 3 aromatic rings. The number of carbonyl (C=O) groups is 5. The first kappa shape index (κ1) is 102. The first-order valence-electron chi connectivity index (χ1n) is 43.1. The first-order valence-corrected chi connectivity index (χ1v) is 47.0. The van der Waals surface area contributed by atoms with Gasteiger partial charge in [0.25, 0.3) is 5.91 Å². The molecule has 117 heavy (non-hydrogen) atoms. The summed E-state index contributed by atoms with van der Waals surface area (Å²) in [6.07, 6.45) is 13.7. The Kier molecular flexibility index (Phi) is 39.5. The minimum Gasteiger partial charge on any atom is -0.459 e. The lowest BCUT2D eigenvalue weighted by Gasteiger charge is -2.60. The van der Waals surface area contributed by atoms with Crippen molar-refractivity contribution in [3.8, 4) is 0 Å². The number of hydrogen-bond donors (Lipinski definition) is 6. The number of rotatable bonds is 19. The average molecular weight is 1700 g/mol. The molecule has 30 heteroatoms. The second-order valence-corrected chi connectivity index (χ2v) is 44.7. The van der Waals surface area contributed by atoms with E-state index in [-0.39, 0.29) is 62.6 Å². The number of sulfonamides is 2. The third-order valence-corrected chi connectivity index (χ3v) is 27.4. The fraction of sp³-hybridized carbons (Fsp3) is 0.805. The van der Waals surface area contributed by atoms with Gasteiger partial charge in [0, 0.05) is 149 Å². The van der Waals surface area contributed by atoms with E-state index >= 15 is 0 Å². The number of hydrogen-bond acceptors (Lipinski definition) is 22. The van der Waals surface area contributed by atoms with E-state index in [0.29, 0.717) is 83.0 Å². The second-order valence-electron chi connectivity index (χ2n) is 40.3. The summed E-state index contributed by atoms with van der Waals surface area (Å²) < 4.78 is 68.2. The third-order valence-electron chi connectivity index (χ3n) is 23.6. The standard InChI is InChI=1S/C15H24N2O2S.C13H23N3O3S.C13H21N3OS.C13H24N2O3.C12H24N2O2.C11H22N2O.C10H19N/c1-15(2,3)17-10-9-13(12-17)11-16-20(18,19)14-7-5-4-6-8-14;1-10-12(8-14-19-10)20(17,18)15-7-11-5-6-16(9-11)13(2,3)4;1-13(2,3)16-6-4-10(9-16)8-15-11(17)12-14-5-7-18-12;1-5-18-12(17)11(16)14-8-10-6-7-15(9-10)13(2,3)4;1-5-16-11(15)13-8-10-6-7-14(9-10)12(2,3)4;1-9(14)12-7-10-5-6-13(8-10)11(2,3)4;1-9(2,3)11-7-10(8-11)5-4-6-10/h4-8,13,16H,9-12H2,1-3H3;8,11,15H,5-7,9H2,1-4H3;5,7,10H,4,6,8-9H2,1-3H3,(H,15,17);10H,5-9H2,1-4H3,(H,14,16);10H,5-9H2,1-4H3,(H,13,15);10H,5-8H2,1-4H3,(H,12,14);4-8H2,1-3H3. The zero-order valence-electron chi connectivity index (χ0n) is 76.7. The fourth-order valence-corrected chi connectivity index (χ4v) is 18.4. The molecule has 1 spiro atoms. The van der Waals surface area contributed by atoms with E-state index in [1.807, 2.05) is 18.4 Å². The number of nitrogens with zero attached hydrogens (tertiary/aromatic N) is 9. The molecule has 6 atom stereocenters. The summed E-state index contributed by atoms with van der Waals surface area (Å²) in [7, 11) is -6.88. The monoisotopic (exact) mass is 1700 g/mol. The van der Waals surface area contributed by atoms with Crippen LogP contribution in [0.15, 0.2) is 62.4 Å². The molecule has 6 N–H and O–H groups in total. The molecule has 9 heterocycles. The molecular weight excluding hydrogens is 1540 g/mol. The molecule has 1 aliphatic carbocycles. The van der Waals surface area contributed by atoms with Crippen LogP contribution in [0.5, 0.6) is 0 Å². The summed E-state index contributed by atoms with van der Waals surface area (Å²) >= 11 is 1.38. The minimum absolute atomic E-state index is 0.0424. The van der Waals surface area contributed by atoms with Gasteiger partial charge in [-0.25, -0.2) is 40.9 Å². The molecule has 4 amide bonds. The van der Waals surface area contributed by atoms with Gasteiger partial charge in [-0.1, -0.05) is 29.8 Å². The molecular formula is C87H157N15O12S3. The largest absolute Gasteiger partial charge is 0.459 e. The van der Waals surface area contributed by atoms with E-state index in [2.05, 4.69) is 225 Å². The van der Waals surface area contributed by atoms with Gasteiger partial charge in [-0.05, 0) is 310 Å². The van der Waals surface area contributed by atoms with Crippen molar-refractivity contribution in [1.29, 1.82) is 0 Å². The number of likely N-dealkylation sites (tertiary alicyclic amines) is 7. The quantitative estimate of drug-likeness (QED) is 0.0480. The summed E-state index contributed by atoms with van der Waals surface area (Å²) in [6.45, 7) is 73.3. The summed E-state index contributed by atoms with van der Waals surface area (Å²) in [5.74, 6) is 1.86. The molecule has 2 aromatic heterocycles. The minimum atomic E-state index is -3.51. The molecule has 1 saturated carbocycles. The fourth-order valence-electron chi connectivity index (χ4n) is 15.5. The van der Waals surface area contributed by atoms with Crippen molar-refractivity contribution < 1.29 is 54.8 Å². The number of amides is 4. The maximum Gasteiger partial charge on any atom is 0.407 e. The number of aromatic nitrogens is 2. The van der Waals surface area contributed by atoms with Crippen molar-refractivity contribution in [2.75, 3.05) is 144 Å². The molecule has 0 radical (unpaired) electrons. The number of aryl methyl sites for hydroxylation is 1. The lowest BCUT2D eigenvalue weighted by Crippen LogP contribution is -2.64. The van der Waals surface area contributed by atoms with Crippen molar-refractivity contribution in [3.05, 3.63) is 58.9 Å².